The molecule has 0 aromatic rings. The number of hydrogen-bond donors (Lipinski definition) is 0. The Bertz CT molecular complexity index is 197. The van der Waals surface area contributed by atoms with Crippen LogP contribution in [0.15, 0.2) is 0 Å². The van der Waals surface area contributed by atoms with Crippen molar-refractivity contribution in [2.24, 2.45) is 11.3 Å². The van der Waals surface area contributed by atoms with Gasteiger partial charge in [0.2, 0.25) is 0 Å². The van der Waals surface area contributed by atoms with E-state index in [0.717, 1.165) is 25.2 Å². The molecule has 12 heavy (non-hydrogen) atoms. The summed E-state index contributed by atoms with van der Waals surface area (Å²) in [5, 5.41) is 0. The molecule has 2 saturated carbocycles. The third kappa shape index (κ3) is 1.10. The quantitative estimate of drug-likeness (QED) is 0.540. The Hall–Kier alpha value is -0.330. The van der Waals surface area contributed by atoms with E-state index in [1.807, 2.05) is 0 Å². The van der Waals surface area contributed by atoms with Gasteiger partial charge in [-0.25, -0.2) is 0 Å². The lowest BCUT2D eigenvalue weighted by Crippen LogP contribution is -2.29. The third-order valence-corrected chi connectivity index (χ3v) is 3.99. The van der Waals surface area contributed by atoms with E-state index in [9.17, 15) is 4.79 Å². The highest BCUT2D eigenvalue weighted by Crippen LogP contribution is 2.48. The van der Waals surface area contributed by atoms with Gasteiger partial charge in [-0.15, -0.1) is 0 Å². The number of carbonyl (C=O) groups excluding carboxylic acids is 1. The van der Waals surface area contributed by atoms with E-state index in [1.54, 1.807) is 0 Å². The van der Waals surface area contributed by atoms with E-state index in [1.165, 1.54) is 25.7 Å². The number of carbonyl (C=O) groups is 1. The summed E-state index contributed by atoms with van der Waals surface area (Å²) in [6.07, 6.45) is 8.35. The van der Waals surface area contributed by atoms with Crippen molar-refractivity contribution in [2.45, 2.75) is 51.9 Å². The fourth-order valence-electron chi connectivity index (χ4n) is 3.03. The molecule has 0 aliphatic heterocycles. The first-order valence-corrected chi connectivity index (χ1v) is 5.27. The Morgan fingerprint density at radius 1 is 1.25 bits per heavy atom. The van der Waals surface area contributed by atoms with Gasteiger partial charge in [-0.1, -0.05) is 19.8 Å². The lowest BCUT2D eigenvalue weighted by molar-refractivity contribution is -0.129. The number of ketones is 1. The van der Waals surface area contributed by atoms with Crippen molar-refractivity contribution in [1.29, 1.82) is 0 Å². The molecule has 0 bridgehead atoms. The lowest BCUT2D eigenvalue weighted by Gasteiger charge is -2.27. The normalized spacial score (nSPS) is 42.4. The maximum absolute atomic E-state index is 11.8. The SMILES string of the molecule is C[C@@]12CCC[C@H]1CCCCC2=O. The standard InChI is InChI=1S/C11H18O/c1-11-8-4-6-9(11)5-2-3-7-10(11)12/h9H,2-8H2,1H3/t9-,11-/m1/s1. The zero-order valence-corrected chi connectivity index (χ0v) is 7.94. The monoisotopic (exact) mass is 166 g/mol. The molecular formula is C11H18O. The van der Waals surface area contributed by atoms with Gasteiger partial charge in [0.25, 0.3) is 0 Å². The molecule has 68 valence electrons. The summed E-state index contributed by atoms with van der Waals surface area (Å²) in [6, 6.07) is 0. The van der Waals surface area contributed by atoms with Gasteiger partial charge in [0, 0.05) is 11.8 Å². The molecule has 0 heterocycles. The van der Waals surface area contributed by atoms with Gasteiger partial charge < -0.3 is 0 Å². The zero-order valence-electron chi connectivity index (χ0n) is 7.94. The zero-order chi connectivity index (χ0) is 8.60. The Kier molecular flexibility index (Phi) is 1.97. The Morgan fingerprint density at radius 3 is 2.83 bits per heavy atom. The molecule has 0 amide bonds. The Labute approximate surface area is 74.5 Å². The van der Waals surface area contributed by atoms with Crippen LogP contribution in [0.3, 0.4) is 0 Å². The van der Waals surface area contributed by atoms with E-state index in [-0.39, 0.29) is 5.41 Å². The first-order valence-electron chi connectivity index (χ1n) is 5.27. The van der Waals surface area contributed by atoms with Gasteiger partial charge in [0.1, 0.15) is 5.78 Å². The average molecular weight is 166 g/mol. The van der Waals surface area contributed by atoms with Gasteiger partial charge >= 0.3 is 0 Å². The van der Waals surface area contributed by atoms with E-state index in [0.29, 0.717) is 5.78 Å². The van der Waals surface area contributed by atoms with Crippen LogP contribution in [0.25, 0.3) is 0 Å². The first kappa shape index (κ1) is 8.28. The second-order valence-electron chi connectivity index (χ2n) is 4.68. The van der Waals surface area contributed by atoms with Gasteiger partial charge in [0.15, 0.2) is 0 Å². The maximum Gasteiger partial charge on any atom is 0.139 e. The van der Waals surface area contributed by atoms with Crippen molar-refractivity contribution in [2.75, 3.05) is 0 Å². The van der Waals surface area contributed by atoms with Crippen LogP contribution >= 0.6 is 0 Å². The average Bonchev–Trinajstić information content (AvgIpc) is 2.37. The number of rotatable bonds is 0. The summed E-state index contributed by atoms with van der Waals surface area (Å²) in [5.41, 5.74) is 0.0938. The van der Waals surface area contributed by atoms with Crippen LogP contribution in [0.1, 0.15) is 51.9 Å². The van der Waals surface area contributed by atoms with Crippen LogP contribution in [-0.2, 0) is 4.79 Å². The summed E-state index contributed by atoms with van der Waals surface area (Å²) in [7, 11) is 0. The van der Waals surface area contributed by atoms with Gasteiger partial charge in [-0.2, -0.15) is 0 Å². The molecule has 2 aliphatic carbocycles. The first-order chi connectivity index (χ1) is 5.73. The minimum atomic E-state index is 0.0938. The highest BCUT2D eigenvalue weighted by molar-refractivity contribution is 5.85. The summed E-state index contributed by atoms with van der Waals surface area (Å²) in [5.74, 6) is 1.29. The molecule has 0 aromatic carbocycles. The number of Topliss-reactive ketones (excluding diaryl/α,β-unsaturated/α-hetero) is 1. The minimum absolute atomic E-state index is 0.0938. The summed E-state index contributed by atoms with van der Waals surface area (Å²) in [6.45, 7) is 2.21. The molecule has 1 heteroatoms. The molecule has 0 unspecified atom stereocenters. The van der Waals surface area contributed by atoms with Crippen LogP contribution in [0, 0.1) is 11.3 Å². The van der Waals surface area contributed by atoms with E-state index >= 15 is 0 Å². The molecule has 2 fully saturated rings. The molecule has 2 rings (SSSR count). The van der Waals surface area contributed by atoms with Gasteiger partial charge in [-0.05, 0) is 31.6 Å². The number of hydrogen-bond acceptors (Lipinski definition) is 1. The van der Waals surface area contributed by atoms with Crippen molar-refractivity contribution in [3.8, 4) is 0 Å². The van der Waals surface area contributed by atoms with Crippen molar-refractivity contribution in [3.05, 3.63) is 0 Å². The highest BCUT2D eigenvalue weighted by Gasteiger charge is 2.44. The molecule has 0 aromatic heterocycles. The summed E-state index contributed by atoms with van der Waals surface area (Å²) in [4.78, 5) is 11.8. The highest BCUT2D eigenvalue weighted by atomic mass is 16.1. The van der Waals surface area contributed by atoms with Crippen LogP contribution in [0.5, 0.6) is 0 Å². The van der Waals surface area contributed by atoms with Crippen molar-refractivity contribution in [3.63, 3.8) is 0 Å². The minimum Gasteiger partial charge on any atom is -0.299 e. The van der Waals surface area contributed by atoms with E-state index < -0.39 is 0 Å². The van der Waals surface area contributed by atoms with Crippen LogP contribution < -0.4 is 0 Å². The predicted molar refractivity (Wildman–Crippen MR) is 48.9 cm³/mol. The third-order valence-electron chi connectivity index (χ3n) is 3.99. The predicted octanol–water partition coefficient (Wildman–Crippen LogP) is 2.94. The lowest BCUT2D eigenvalue weighted by atomic mass is 9.75. The Balaban J connectivity index is 2.23. The topological polar surface area (TPSA) is 17.1 Å². The number of fused-ring (bicyclic) bond motifs is 1. The molecule has 0 N–H and O–H groups in total. The molecule has 2 aliphatic rings. The smallest absolute Gasteiger partial charge is 0.139 e. The molecule has 0 radical (unpaired) electrons. The second kappa shape index (κ2) is 2.86. The summed E-state index contributed by atoms with van der Waals surface area (Å²) < 4.78 is 0. The van der Waals surface area contributed by atoms with Crippen LogP contribution in [0.2, 0.25) is 0 Å². The van der Waals surface area contributed by atoms with Crippen molar-refractivity contribution in [1.82, 2.24) is 0 Å². The van der Waals surface area contributed by atoms with Crippen molar-refractivity contribution >= 4 is 5.78 Å². The van der Waals surface area contributed by atoms with Gasteiger partial charge in [-0.3, -0.25) is 4.79 Å². The van der Waals surface area contributed by atoms with Crippen LogP contribution in [0.4, 0.5) is 0 Å². The van der Waals surface area contributed by atoms with E-state index in [2.05, 4.69) is 6.92 Å². The molecule has 2 atom stereocenters. The Morgan fingerprint density at radius 2 is 2.00 bits per heavy atom. The molecule has 0 saturated heterocycles. The van der Waals surface area contributed by atoms with E-state index in [4.69, 9.17) is 0 Å². The largest absolute Gasteiger partial charge is 0.299 e. The molecular weight excluding hydrogens is 148 g/mol. The second-order valence-corrected chi connectivity index (χ2v) is 4.68. The molecule has 1 nitrogen and oxygen atoms in total. The summed E-state index contributed by atoms with van der Waals surface area (Å²) >= 11 is 0. The van der Waals surface area contributed by atoms with Crippen LogP contribution in [-0.4, -0.2) is 5.78 Å². The fourth-order valence-corrected chi connectivity index (χ4v) is 3.03. The maximum atomic E-state index is 11.8. The fraction of sp³-hybridized carbons (Fsp3) is 0.909. The van der Waals surface area contributed by atoms with Crippen molar-refractivity contribution < 1.29 is 4.79 Å². The van der Waals surface area contributed by atoms with Gasteiger partial charge in [0.05, 0.1) is 0 Å². The molecule has 0 spiro atoms.